The zero-order valence-corrected chi connectivity index (χ0v) is 14.2. The third-order valence-corrected chi connectivity index (χ3v) is 4.64. The van der Waals surface area contributed by atoms with Crippen LogP contribution in [0.2, 0.25) is 0 Å². The fourth-order valence-electron chi connectivity index (χ4n) is 2.65. The van der Waals surface area contributed by atoms with Crippen LogP contribution in [0.4, 0.5) is 5.69 Å². The van der Waals surface area contributed by atoms with Crippen molar-refractivity contribution in [1.82, 2.24) is 4.98 Å². The second-order valence-corrected chi connectivity index (χ2v) is 6.51. The molecule has 1 N–H and O–H groups in total. The monoisotopic (exact) mass is 352 g/mol. The van der Waals surface area contributed by atoms with Gasteiger partial charge in [-0.25, -0.2) is 4.98 Å². The first-order chi connectivity index (χ1) is 12.3. The van der Waals surface area contributed by atoms with E-state index in [4.69, 9.17) is 9.47 Å². The molecule has 6 heteroatoms. The summed E-state index contributed by atoms with van der Waals surface area (Å²) in [4.78, 5) is 16.5. The Kier molecular flexibility index (Phi) is 4.35. The molecular formula is C19H16N2O3S. The summed E-state index contributed by atoms with van der Waals surface area (Å²) in [6.07, 6.45) is 2.06. The summed E-state index contributed by atoms with van der Waals surface area (Å²) in [7, 11) is 0. The lowest BCUT2D eigenvalue weighted by atomic mass is 10.1. The fraction of sp³-hybridized carbons (Fsp3) is 0.158. The van der Waals surface area contributed by atoms with Gasteiger partial charge in [0.15, 0.2) is 11.5 Å². The van der Waals surface area contributed by atoms with Gasteiger partial charge in [-0.05, 0) is 42.0 Å². The van der Waals surface area contributed by atoms with Gasteiger partial charge in [-0.15, -0.1) is 11.3 Å². The Hall–Kier alpha value is -2.86. The summed E-state index contributed by atoms with van der Waals surface area (Å²) >= 11 is 1.59. The molecule has 2 aromatic carbocycles. The zero-order chi connectivity index (χ0) is 17.1. The Morgan fingerprint density at radius 3 is 2.64 bits per heavy atom. The van der Waals surface area contributed by atoms with Gasteiger partial charge < -0.3 is 14.8 Å². The van der Waals surface area contributed by atoms with Crippen molar-refractivity contribution in [2.45, 2.75) is 6.42 Å². The molecule has 1 aliphatic heterocycles. The molecule has 1 aliphatic rings. The number of aromatic nitrogens is 1. The van der Waals surface area contributed by atoms with Gasteiger partial charge in [0.05, 0.1) is 6.42 Å². The van der Waals surface area contributed by atoms with Crippen LogP contribution in [0, 0.1) is 0 Å². The van der Waals surface area contributed by atoms with Crippen LogP contribution >= 0.6 is 11.3 Å². The average molecular weight is 352 g/mol. The van der Waals surface area contributed by atoms with Crippen molar-refractivity contribution in [3.63, 3.8) is 0 Å². The molecule has 25 heavy (non-hydrogen) atoms. The van der Waals surface area contributed by atoms with Crippen LogP contribution in [0.3, 0.4) is 0 Å². The molecule has 2 heterocycles. The first kappa shape index (κ1) is 15.7. The minimum Gasteiger partial charge on any atom is -0.486 e. The quantitative estimate of drug-likeness (QED) is 0.777. The van der Waals surface area contributed by atoms with Crippen molar-refractivity contribution in [2.24, 2.45) is 0 Å². The highest BCUT2D eigenvalue weighted by atomic mass is 32.1. The molecule has 3 aromatic rings. The van der Waals surface area contributed by atoms with Crippen LogP contribution in [-0.4, -0.2) is 24.1 Å². The molecule has 0 spiro atoms. The molecular weight excluding hydrogens is 336 g/mol. The number of hydrogen-bond acceptors (Lipinski definition) is 5. The number of ether oxygens (including phenoxy) is 2. The maximum Gasteiger partial charge on any atom is 0.228 e. The number of anilines is 1. The van der Waals surface area contributed by atoms with Gasteiger partial charge in [0, 0.05) is 22.8 Å². The van der Waals surface area contributed by atoms with Gasteiger partial charge >= 0.3 is 0 Å². The highest BCUT2D eigenvalue weighted by Crippen LogP contribution is 2.31. The number of rotatable bonds is 4. The van der Waals surface area contributed by atoms with Crippen LogP contribution in [0.25, 0.3) is 10.6 Å². The number of fused-ring (bicyclic) bond motifs is 1. The molecule has 126 valence electrons. The van der Waals surface area contributed by atoms with Gasteiger partial charge in [0.25, 0.3) is 0 Å². The predicted octanol–water partition coefficient (Wildman–Crippen LogP) is 3.76. The van der Waals surface area contributed by atoms with Crippen molar-refractivity contribution in [2.75, 3.05) is 18.5 Å². The number of thiazole rings is 1. The molecule has 0 saturated heterocycles. The number of carbonyl (C=O) groups is 1. The van der Waals surface area contributed by atoms with E-state index in [-0.39, 0.29) is 12.3 Å². The molecule has 0 fully saturated rings. The molecule has 0 aliphatic carbocycles. The highest BCUT2D eigenvalue weighted by molar-refractivity contribution is 7.13. The first-order valence-corrected chi connectivity index (χ1v) is 8.84. The van der Waals surface area contributed by atoms with E-state index in [1.807, 2.05) is 47.8 Å². The molecule has 5 nitrogen and oxygen atoms in total. The SMILES string of the molecule is O=C(Cc1ccc2c(c1)OCCO2)Nc1ccc(-c2nccs2)cc1. The van der Waals surface area contributed by atoms with E-state index in [1.165, 1.54) is 0 Å². The fourth-order valence-corrected chi connectivity index (χ4v) is 3.29. The Morgan fingerprint density at radius 2 is 1.88 bits per heavy atom. The van der Waals surface area contributed by atoms with Crippen LogP contribution < -0.4 is 14.8 Å². The maximum absolute atomic E-state index is 12.3. The third kappa shape index (κ3) is 3.64. The number of nitrogens with zero attached hydrogens (tertiary/aromatic N) is 1. The molecule has 0 saturated carbocycles. The number of benzene rings is 2. The minimum atomic E-state index is -0.0707. The third-order valence-electron chi connectivity index (χ3n) is 3.82. The van der Waals surface area contributed by atoms with Crippen molar-refractivity contribution >= 4 is 22.9 Å². The number of hydrogen-bond donors (Lipinski definition) is 1. The minimum absolute atomic E-state index is 0.0707. The van der Waals surface area contributed by atoms with E-state index in [2.05, 4.69) is 10.3 Å². The lowest BCUT2D eigenvalue weighted by Crippen LogP contribution is -2.17. The Morgan fingerprint density at radius 1 is 1.08 bits per heavy atom. The first-order valence-electron chi connectivity index (χ1n) is 7.96. The number of nitrogens with one attached hydrogen (secondary N) is 1. The second-order valence-electron chi connectivity index (χ2n) is 5.62. The van der Waals surface area contributed by atoms with Gasteiger partial charge in [0.1, 0.15) is 18.2 Å². The molecule has 1 aromatic heterocycles. The molecule has 4 rings (SSSR count). The standard InChI is InChI=1S/C19H16N2O3S/c22-18(12-13-1-6-16-17(11-13)24-9-8-23-16)21-15-4-2-14(3-5-15)19-20-7-10-25-19/h1-7,10-11H,8-9,12H2,(H,21,22). The van der Waals surface area contributed by atoms with Crippen LogP contribution in [0.5, 0.6) is 11.5 Å². The van der Waals surface area contributed by atoms with Gasteiger partial charge in [0.2, 0.25) is 5.91 Å². The summed E-state index contributed by atoms with van der Waals surface area (Å²) in [5.41, 5.74) is 2.70. The molecule has 0 radical (unpaired) electrons. The zero-order valence-electron chi connectivity index (χ0n) is 13.4. The molecule has 0 atom stereocenters. The topological polar surface area (TPSA) is 60.5 Å². The summed E-state index contributed by atoms with van der Waals surface area (Å²) in [5, 5.41) is 5.82. The maximum atomic E-state index is 12.3. The predicted molar refractivity (Wildman–Crippen MR) is 97.3 cm³/mol. The van der Waals surface area contributed by atoms with Crippen molar-refractivity contribution in [3.8, 4) is 22.1 Å². The normalized spacial score (nSPS) is 12.6. The average Bonchev–Trinajstić information content (AvgIpc) is 3.17. The van der Waals surface area contributed by atoms with E-state index in [0.29, 0.717) is 19.0 Å². The molecule has 1 amide bonds. The van der Waals surface area contributed by atoms with E-state index in [1.54, 1.807) is 17.5 Å². The van der Waals surface area contributed by atoms with Crippen LogP contribution in [0.15, 0.2) is 54.0 Å². The van der Waals surface area contributed by atoms with Crippen molar-refractivity contribution in [3.05, 3.63) is 59.6 Å². The van der Waals surface area contributed by atoms with Gasteiger partial charge in [-0.2, -0.15) is 0 Å². The number of carbonyl (C=O) groups excluding carboxylic acids is 1. The lowest BCUT2D eigenvalue weighted by molar-refractivity contribution is -0.115. The lowest BCUT2D eigenvalue weighted by Gasteiger charge is -2.18. The summed E-state index contributed by atoms with van der Waals surface area (Å²) in [5.74, 6) is 1.36. The van der Waals surface area contributed by atoms with Crippen LogP contribution in [0.1, 0.15) is 5.56 Å². The summed E-state index contributed by atoms with van der Waals surface area (Å²) in [6, 6.07) is 13.3. The number of amides is 1. The van der Waals surface area contributed by atoms with Gasteiger partial charge in [-0.1, -0.05) is 6.07 Å². The van der Waals surface area contributed by atoms with E-state index in [9.17, 15) is 4.79 Å². The van der Waals surface area contributed by atoms with Crippen molar-refractivity contribution in [1.29, 1.82) is 0 Å². The largest absolute Gasteiger partial charge is 0.486 e. The summed E-state index contributed by atoms with van der Waals surface area (Å²) in [6.45, 7) is 1.10. The van der Waals surface area contributed by atoms with Gasteiger partial charge in [-0.3, -0.25) is 4.79 Å². The van der Waals surface area contributed by atoms with E-state index in [0.717, 1.165) is 27.6 Å². The Bertz CT molecular complexity index is 876. The smallest absolute Gasteiger partial charge is 0.228 e. The Labute approximate surface area is 149 Å². The molecule has 0 unspecified atom stereocenters. The van der Waals surface area contributed by atoms with E-state index < -0.39 is 0 Å². The molecule has 0 bridgehead atoms. The van der Waals surface area contributed by atoms with E-state index >= 15 is 0 Å². The van der Waals surface area contributed by atoms with Crippen molar-refractivity contribution < 1.29 is 14.3 Å². The second kappa shape index (κ2) is 6.94. The van der Waals surface area contributed by atoms with Crippen LogP contribution in [-0.2, 0) is 11.2 Å². The Balaban J connectivity index is 1.40. The summed E-state index contributed by atoms with van der Waals surface area (Å²) < 4.78 is 11.0. The highest BCUT2D eigenvalue weighted by Gasteiger charge is 2.13.